The minimum absolute atomic E-state index is 0.334. The molecule has 8 heteroatoms. The summed E-state index contributed by atoms with van der Waals surface area (Å²) in [6, 6.07) is 10.8. The molecule has 1 fully saturated rings. The van der Waals surface area contributed by atoms with Crippen molar-refractivity contribution in [1.29, 1.82) is 0 Å². The van der Waals surface area contributed by atoms with Gasteiger partial charge in [-0.05, 0) is 23.8 Å². The molecule has 4 rings (SSSR count). The molecular formula is C20H19ClN4O3. The SMILES string of the molecule is O=C(Nc1ccc(CN2CCOCC2)cn1)c1conc1-c1ccc(Cl)cc1. The van der Waals surface area contributed by atoms with E-state index in [2.05, 4.69) is 20.4 Å². The summed E-state index contributed by atoms with van der Waals surface area (Å²) in [6.07, 6.45) is 3.10. The maximum atomic E-state index is 12.6. The summed E-state index contributed by atoms with van der Waals surface area (Å²) in [5.74, 6) is 0.138. The minimum Gasteiger partial charge on any atom is -0.379 e. The van der Waals surface area contributed by atoms with E-state index in [9.17, 15) is 4.79 Å². The summed E-state index contributed by atoms with van der Waals surface area (Å²) in [5, 5.41) is 7.34. The topological polar surface area (TPSA) is 80.5 Å². The first-order valence-corrected chi connectivity index (χ1v) is 9.33. The number of hydrogen-bond donors (Lipinski definition) is 1. The normalized spacial score (nSPS) is 14.8. The van der Waals surface area contributed by atoms with E-state index < -0.39 is 0 Å². The van der Waals surface area contributed by atoms with Crippen LogP contribution in [0.15, 0.2) is 53.4 Å². The fourth-order valence-electron chi connectivity index (χ4n) is 3.01. The first-order valence-electron chi connectivity index (χ1n) is 8.96. The highest BCUT2D eigenvalue weighted by Gasteiger charge is 2.18. The molecule has 7 nitrogen and oxygen atoms in total. The molecule has 3 heterocycles. The molecule has 1 saturated heterocycles. The zero-order chi connectivity index (χ0) is 19.3. The highest BCUT2D eigenvalue weighted by molar-refractivity contribution is 6.30. The van der Waals surface area contributed by atoms with Gasteiger partial charge in [0.05, 0.1) is 13.2 Å². The van der Waals surface area contributed by atoms with Gasteiger partial charge in [-0.1, -0.05) is 35.0 Å². The van der Waals surface area contributed by atoms with Crippen molar-refractivity contribution in [2.75, 3.05) is 31.6 Å². The minimum atomic E-state index is -0.334. The number of pyridine rings is 1. The Bertz CT molecular complexity index is 935. The Labute approximate surface area is 167 Å². The largest absolute Gasteiger partial charge is 0.379 e. The Morgan fingerprint density at radius 3 is 2.64 bits per heavy atom. The van der Waals surface area contributed by atoms with Crippen LogP contribution in [0.2, 0.25) is 5.02 Å². The fourth-order valence-corrected chi connectivity index (χ4v) is 3.13. The van der Waals surface area contributed by atoms with Gasteiger partial charge in [0, 0.05) is 36.4 Å². The van der Waals surface area contributed by atoms with Gasteiger partial charge in [0.15, 0.2) is 0 Å². The van der Waals surface area contributed by atoms with Crippen molar-refractivity contribution in [1.82, 2.24) is 15.0 Å². The number of ether oxygens (including phenoxy) is 1. The van der Waals surface area contributed by atoms with Crippen LogP contribution in [0, 0.1) is 0 Å². The lowest BCUT2D eigenvalue weighted by Crippen LogP contribution is -2.35. The summed E-state index contributed by atoms with van der Waals surface area (Å²) in [5.41, 5.74) is 2.63. The van der Waals surface area contributed by atoms with Crippen LogP contribution >= 0.6 is 11.6 Å². The molecule has 0 bridgehead atoms. The lowest BCUT2D eigenvalue weighted by molar-refractivity contribution is 0.0341. The first kappa shape index (κ1) is 18.6. The van der Waals surface area contributed by atoms with E-state index in [1.165, 1.54) is 6.26 Å². The third-order valence-electron chi connectivity index (χ3n) is 4.51. The second-order valence-corrected chi connectivity index (χ2v) is 6.91. The highest BCUT2D eigenvalue weighted by atomic mass is 35.5. The third kappa shape index (κ3) is 4.39. The van der Waals surface area contributed by atoms with Crippen LogP contribution in [0.4, 0.5) is 5.82 Å². The number of aromatic nitrogens is 2. The molecule has 144 valence electrons. The van der Waals surface area contributed by atoms with Gasteiger partial charge in [-0.25, -0.2) is 4.98 Å². The van der Waals surface area contributed by atoms with Crippen molar-refractivity contribution in [3.63, 3.8) is 0 Å². The van der Waals surface area contributed by atoms with Crippen molar-refractivity contribution in [3.8, 4) is 11.3 Å². The second kappa shape index (κ2) is 8.52. The zero-order valence-electron chi connectivity index (χ0n) is 15.1. The molecule has 1 aromatic carbocycles. The predicted octanol–water partition coefficient (Wildman–Crippen LogP) is 3.47. The van der Waals surface area contributed by atoms with E-state index in [-0.39, 0.29) is 5.91 Å². The van der Waals surface area contributed by atoms with Gasteiger partial charge >= 0.3 is 0 Å². The van der Waals surface area contributed by atoms with Crippen LogP contribution < -0.4 is 5.32 Å². The average Bonchev–Trinajstić information content (AvgIpc) is 3.21. The molecule has 28 heavy (non-hydrogen) atoms. The molecule has 0 spiro atoms. The van der Waals surface area contributed by atoms with Crippen LogP contribution in [0.5, 0.6) is 0 Å². The van der Waals surface area contributed by atoms with Crippen molar-refractivity contribution in [2.24, 2.45) is 0 Å². The van der Waals surface area contributed by atoms with Gasteiger partial charge < -0.3 is 14.6 Å². The molecule has 0 aliphatic carbocycles. The summed E-state index contributed by atoms with van der Waals surface area (Å²) in [4.78, 5) is 19.3. The number of morpholine rings is 1. The smallest absolute Gasteiger partial charge is 0.262 e. The summed E-state index contributed by atoms with van der Waals surface area (Å²) < 4.78 is 10.4. The summed E-state index contributed by atoms with van der Waals surface area (Å²) in [6.45, 7) is 4.17. The van der Waals surface area contributed by atoms with E-state index >= 15 is 0 Å². The number of carbonyl (C=O) groups excluding carboxylic acids is 1. The quantitative estimate of drug-likeness (QED) is 0.708. The van der Waals surface area contributed by atoms with Gasteiger partial charge in [-0.3, -0.25) is 9.69 Å². The van der Waals surface area contributed by atoms with Crippen LogP contribution in [-0.2, 0) is 11.3 Å². The number of halogens is 1. The van der Waals surface area contributed by atoms with E-state index in [0.717, 1.165) is 44.0 Å². The Balaban J connectivity index is 1.43. The third-order valence-corrected chi connectivity index (χ3v) is 4.76. The van der Waals surface area contributed by atoms with E-state index in [0.29, 0.717) is 22.1 Å². The van der Waals surface area contributed by atoms with Gasteiger partial charge in [-0.15, -0.1) is 0 Å². The van der Waals surface area contributed by atoms with Crippen LogP contribution in [0.1, 0.15) is 15.9 Å². The number of carbonyl (C=O) groups is 1. The van der Waals surface area contributed by atoms with Crippen LogP contribution in [0.3, 0.4) is 0 Å². The fraction of sp³-hybridized carbons (Fsp3) is 0.250. The first-order chi connectivity index (χ1) is 13.7. The van der Waals surface area contributed by atoms with Crippen molar-refractivity contribution in [3.05, 3.63) is 65.0 Å². The number of amides is 1. The maximum Gasteiger partial charge on any atom is 0.262 e. The zero-order valence-corrected chi connectivity index (χ0v) is 15.9. The number of nitrogens with one attached hydrogen (secondary N) is 1. The number of anilines is 1. The number of nitrogens with zero attached hydrogens (tertiary/aromatic N) is 3. The van der Waals surface area contributed by atoms with E-state index in [1.54, 1.807) is 36.5 Å². The molecule has 0 unspecified atom stereocenters. The Morgan fingerprint density at radius 2 is 1.93 bits per heavy atom. The standard InChI is InChI=1S/C20H19ClN4O3/c21-16-4-2-15(3-5-16)19-17(13-28-24-19)20(26)23-18-6-1-14(11-22-18)12-25-7-9-27-10-8-25/h1-6,11,13H,7-10,12H2,(H,22,23,26). The lowest BCUT2D eigenvalue weighted by atomic mass is 10.1. The van der Waals surface area contributed by atoms with Crippen LogP contribution in [0.25, 0.3) is 11.3 Å². The average molecular weight is 399 g/mol. The molecule has 1 N–H and O–H groups in total. The van der Waals surface area contributed by atoms with Crippen LogP contribution in [-0.4, -0.2) is 47.3 Å². The van der Waals surface area contributed by atoms with E-state index in [1.807, 2.05) is 6.07 Å². The van der Waals surface area contributed by atoms with Crippen molar-refractivity contribution >= 4 is 23.3 Å². The Hall–Kier alpha value is -2.74. The van der Waals surface area contributed by atoms with Crippen molar-refractivity contribution < 1.29 is 14.1 Å². The number of hydrogen-bond acceptors (Lipinski definition) is 6. The molecule has 0 saturated carbocycles. The molecule has 2 aromatic heterocycles. The van der Waals surface area contributed by atoms with Gasteiger partial charge in [0.2, 0.25) is 0 Å². The molecule has 1 amide bonds. The molecule has 1 aliphatic rings. The second-order valence-electron chi connectivity index (χ2n) is 6.48. The summed E-state index contributed by atoms with van der Waals surface area (Å²) >= 11 is 5.92. The Kier molecular flexibility index (Phi) is 5.66. The van der Waals surface area contributed by atoms with Crippen molar-refractivity contribution in [2.45, 2.75) is 6.54 Å². The summed E-state index contributed by atoms with van der Waals surface area (Å²) in [7, 11) is 0. The maximum absolute atomic E-state index is 12.6. The Morgan fingerprint density at radius 1 is 1.14 bits per heavy atom. The highest BCUT2D eigenvalue weighted by Crippen LogP contribution is 2.24. The number of rotatable bonds is 5. The van der Waals surface area contributed by atoms with Gasteiger partial charge in [-0.2, -0.15) is 0 Å². The molecule has 0 atom stereocenters. The van der Waals surface area contributed by atoms with Gasteiger partial charge in [0.1, 0.15) is 23.3 Å². The predicted molar refractivity (Wildman–Crippen MR) is 105 cm³/mol. The molecule has 0 radical (unpaired) electrons. The lowest BCUT2D eigenvalue weighted by Gasteiger charge is -2.26. The van der Waals surface area contributed by atoms with Gasteiger partial charge in [0.25, 0.3) is 5.91 Å². The number of benzene rings is 1. The van der Waals surface area contributed by atoms with E-state index in [4.69, 9.17) is 20.9 Å². The monoisotopic (exact) mass is 398 g/mol. The molecular weight excluding hydrogens is 380 g/mol. The molecule has 3 aromatic rings. The molecule has 1 aliphatic heterocycles.